The van der Waals surface area contributed by atoms with Crippen molar-refractivity contribution in [2.24, 2.45) is 5.92 Å². The Hall–Kier alpha value is -1.56. The van der Waals surface area contributed by atoms with Crippen molar-refractivity contribution in [3.05, 3.63) is 35.1 Å². The zero-order valence-corrected chi connectivity index (χ0v) is 10.5. The monoisotopic (exact) mass is 272 g/mol. The van der Waals surface area contributed by atoms with E-state index in [4.69, 9.17) is 0 Å². The van der Waals surface area contributed by atoms with Crippen LogP contribution in [0.5, 0.6) is 0 Å². The molecule has 2 N–H and O–H groups in total. The average Bonchev–Trinajstić information content (AvgIpc) is 2.89. The lowest BCUT2D eigenvalue weighted by atomic mass is 10.00. The lowest BCUT2D eigenvalue weighted by Crippen LogP contribution is -2.39. The molecule has 2 atom stereocenters. The lowest BCUT2D eigenvalue weighted by molar-refractivity contribution is 0.0923. The summed E-state index contributed by atoms with van der Waals surface area (Å²) in [6.45, 7) is 3.47. The van der Waals surface area contributed by atoms with Crippen molar-refractivity contribution in [3.63, 3.8) is 0 Å². The van der Waals surface area contributed by atoms with E-state index in [9.17, 15) is 18.0 Å². The van der Waals surface area contributed by atoms with Crippen molar-refractivity contribution >= 4 is 5.91 Å². The predicted octanol–water partition coefficient (Wildman–Crippen LogP) is 1.83. The Morgan fingerprint density at radius 2 is 2.11 bits per heavy atom. The molecule has 1 fully saturated rings. The van der Waals surface area contributed by atoms with Crippen LogP contribution in [0.4, 0.5) is 13.2 Å². The number of halogens is 3. The second-order valence-electron chi connectivity index (χ2n) is 4.74. The van der Waals surface area contributed by atoms with Crippen molar-refractivity contribution in [2.45, 2.75) is 19.4 Å². The summed E-state index contributed by atoms with van der Waals surface area (Å²) in [4.78, 5) is 11.8. The minimum atomic E-state index is -1.62. The van der Waals surface area contributed by atoms with E-state index >= 15 is 0 Å². The Bertz CT molecular complexity index is 487. The van der Waals surface area contributed by atoms with Gasteiger partial charge in [-0.15, -0.1) is 0 Å². The van der Waals surface area contributed by atoms with E-state index in [0.29, 0.717) is 0 Å². The molecule has 1 aromatic carbocycles. The summed E-state index contributed by atoms with van der Waals surface area (Å²) in [5, 5.41) is 5.78. The second-order valence-corrected chi connectivity index (χ2v) is 4.74. The quantitative estimate of drug-likeness (QED) is 0.824. The first-order valence-corrected chi connectivity index (χ1v) is 6.15. The van der Waals surface area contributed by atoms with Crippen LogP contribution in [0.3, 0.4) is 0 Å². The molecule has 6 heteroatoms. The summed E-state index contributed by atoms with van der Waals surface area (Å²) in [6.07, 6.45) is 0.918. The third kappa shape index (κ3) is 2.89. The Morgan fingerprint density at radius 1 is 1.37 bits per heavy atom. The molecule has 1 heterocycles. The molecule has 0 radical (unpaired) electrons. The number of amides is 1. The van der Waals surface area contributed by atoms with E-state index in [-0.39, 0.29) is 12.0 Å². The maximum Gasteiger partial charge on any atom is 0.254 e. The van der Waals surface area contributed by atoms with Crippen LogP contribution in [-0.4, -0.2) is 25.0 Å². The number of nitrogens with one attached hydrogen (secondary N) is 2. The van der Waals surface area contributed by atoms with Crippen LogP contribution < -0.4 is 10.6 Å². The molecule has 0 bridgehead atoms. The third-order valence-electron chi connectivity index (χ3n) is 3.44. The smallest absolute Gasteiger partial charge is 0.254 e. The Balaban J connectivity index is 2.09. The van der Waals surface area contributed by atoms with Gasteiger partial charge in [-0.05, 0) is 44.5 Å². The molecule has 1 aliphatic rings. The second kappa shape index (κ2) is 5.61. The number of benzene rings is 1. The molecule has 1 aliphatic heterocycles. The molecule has 1 aromatic rings. The highest BCUT2D eigenvalue weighted by Crippen LogP contribution is 2.17. The highest BCUT2D eigenvalue weighted by atomic mass is 19.2. The van der Waals surface area contributed by atoms with Gasteiger partial charge in [-0.1, -0.05) is 0 Å². The van der Waals surface area contributed by atoms with Crippen LogP contribution in [0, 0.1) is 23.4 Å². The van der Waals surface area contributed by atoms with E-state index in [1.807, 2.05) is 6.92 Å². The first-order chi connectivity index (χ1) is 9.00. The number of carbonyl (C=O) groups excluding carboxylic acids is 1. The minimum absolute atomic E-state index is 0.157. The zero-order valence-electron chi connectivity index (χ0n) is 10.5. The molecule has 3 nitrogen and oxygen atoms in total. The van der Waals surface area contributed by atoms with Gasteiger partial charge in [0.25, 0.3) is 5.91 Å². The summed E-state index contributed by atoms with van der Waals surface area (Å²) in [6, 6.07) is 1.53. The highest BCUT2D eigenvalue weighted by molar-refractivity contribution is 5.94. The van der Waals surface area contributed by atoms with Crippen LogP contribution in [0.2, 0.25) is 0 Å². The van der Waals surface area contributed by atoms with Crippen molar-refractivity contribution in [3.8, 4) is 0 Å². The van der Waals surface area contributed by atoms with Crippen molar-refractivity contribution < 1.29 is 18.0 Å². The summed E-state index contributed by atoms with van der Waals surface area (Å²) in [7, 11) is 0. The first kappa shape index (κ1) is 13.9. The van der Waals surface area contributed by atoms with Crippen molar-refractivity contribution in [1.82, 2.24) is 10.6 Å². The summed E-state index contributed by atoms with van der Waals surface area (Å²) in [5.74, 6) is -4.84. The summed E-state index contributed by atoms with van der Waals surface area (Å²) in [5.41, 5.74) is -0.475. The van der Waals surface area contributed by atoms with Gasteiger partial charge in [0.1, 0.15) is 0 Å². The lowest BCUT2D eigenvalue weighted by Gasteiger charge is -2.20. The first-order valence-electron chi connectivity index (χ1n) is 6.15. The molecule has 0 spiro atoms. The van der Waals surface area contributed by atoms with Gasteiger partial charge >= 0.3 is 0 Å². The van der Waals surface area contributed by atoms with E-state index in [1.165, 1.54) is 0 Å². The molecule has 2 rings (SSSR count). The molecule has 0 saturated carbocycles. The maximum absolute atomic E-state index is 13.5. The van der Waals surface area contributed by atoms with E-state index in [0.717, 1.165) is 31.6 Å². The van der Waals surface area contributed by atoms with Gasteiger partial charge < -0.3 is 10.6 Å². The SMILES string of the molecule is CC(NC(=O)c1ccc(F)c(F)c1F)C1CCNC1. The van der Waals surface area contributed by atoms with Crippen LogP contribution in [-0.2, 0) is 0 Å². The molecule has 0 aliphatic carbocycles. The van der Waals surface area contributed by atoms with Gasteiger partial charge in [-0.2, -0.15) is 0 Å². The normalized spacial score (nSPS) is 20.3. The van der Waals surface area contributed by atoms with Crippen LogP contribution in [0.1, 0.15) is 23.7 Å². The van der Waals surface area contributed by atoms with E-state index < -0.39 is 28.9 Å². The molecule has 2 unspecified atom stereocenters. The molecular formula is C13H15F3N2O. The maximum atomic E-state index is 13.5. The largest absolute Gasteiger partial charge is 0.349 e. The number of hydrogen-bond donors (Lipinski definition) is 2. The Kier molecular flexibility index (Phi) is 4.09. The topological polar surface area (TPSA) is 41.1 Å². The Labute approximate surface area is 109 Å². The van der Waals surface area contributed by atoms with Gasteiger partial charge in [0.05, 0.1) is 5.56 Å². The molecule has 0 aromatic heterocycles. The fraction of sp³-hybridized carbons (Fsp3) is 0.462. The highest BCUT2D eigenvalue weighted by Gasteiger charge is 2.25. The molecule has 104 valence electrons. The minimum Gasteiger partial charge on any atom is -0.349 e. The Morgan fingerprint density at radius 3 is 2.74 bits per heavy atom. The third-order valence-corrected chi connectivity index (χ3v) is 3.44. The zero-order chi connectivity index (χ0) is 14.0. The fourth-order valence-corrected chi connectivity index (χ4v) is 2.21. The van der Waals surface area contributed by atoms with Gasteiger partial charge in [0.15, 0.2) is 17.5 Å². The summed E-state index contributed by atoms with van der Waals surface area (Å²) < 4.78 is 39.3. The average molecular weight is 272 g/mol. The molecule has 1 amide bonds. The fourth-order valence-electron chi connectivity index (χ4n) is 2.21. The van der Waals surface area contributed by atoms with Crippen molar-refractivity contribution in [2.75, 3.05) is 13.1 Å². The van der Waals surface area contributed by atoms with E-state index in [2.05, 4.69) is 10.6 Å². The molecule has 19 heavy (non-hydrogen) atoms. The number of rotatable bonds is 3. The van der Waals surface area contributed by atoms with Gasteiger partial charge in [0.2, 0.25) is 0 Å². The van der Waals surface area contributed by atoms with Gasteiger partial charge in [-0.3, -0.25) is 4.79 Å². The molecular weight excluding hydrogens is 257 g/mol. The predicted molar refractivity (Wildman–Crippen MR) is 64.2 cm³/mol. The summed E-state index contributed by atoms with van der Waals surface area (Å²) >= 11 is 0. The standard InChI is InChI=1S/C13H15F3N2O/c1-7(8-4-5-17-6-8)18-13(19)9-2-3-10(14)12(16)11(9)15/h2-3,7-8,17H,4-6H2,1H3,(H,18,19). The number of carbonyl (C=O) groups is 1. The van der Waals surface area contributed by atoms with Gasteiger partial charge in [0, 0.05) is 6.04 Å². The molecule has 1 saturated heterocycles. The van der Waals surface area contributed by atoms with Crippen molar-refractivity contribution in [1.29, 1.82) is 0 Å². The van der Waals surface area contributed by atoms with Crippen LogP contribution in [0.25, 0.3) is 0 Å². The van der Waals surface area contributed by atoms with Gasteiger partial charge in [-0.25, -0.2) is 13.2 Å². The van der Waals surface area contributed by atoms with Crippen LogP contribution >= 0.6 is 0 Å². The van der Waals surface area contributed by atoms with E-state index in [1.54, 1.807) is 0 Å². The number of hydrogen-bond acceptors (Lipinski definition) is 2. The van der Waals surface area contributed by atoms with Crippen LogP contribution in [0.15, 0.2) is 12.1 Å².